The van der Waals surface area contributed by atoms with Crippen molar-refractivity contribution < 1.29 is 3.79 Å². The van der Waals surface area contributed by atoms with Crippen molar-refractivity contribution in [1.82, 2.24) is 0 Å². The van der Waals surface area contributed by atoms with Crippen LogP contribution in [0.3, 0.4) is 0 Å². The van der Waals surface area contributed by atoms with Gasteiger partial charge in [0.25, 0.3) is 13.4 Å². The summed E-state index contributed by atoms with van der Waals surface area (Å²) in [7, 11) is 0. The van der Waals surface area contributed by atoms with Gasteiger partial charge in [0.2, 0.25) is 0 Å². The maximum atomic E-state index is 6.15. The molecule has 0 aliphatic carbocycles. The fraction of sp³-hybridized carbons (Fsp3) is 1.00. The Bertz CT molecular complexity index is 111. The van der Waals surface area contributed by atoms with E-state index < -0.39 is 13.4 Å². The predicted octanol–water partition coefficient (Wildman–Crippen LogP) is 4.05. The summed E-state index contributed by atoms with van der Waals surface area (Å²) in [6, 6.07) is 0. The van der Waals surface area contributed by atoms with Gasteiger partial charge in [-0.3, -0.25) is 0 Å². The first-order valence-electron chi connectivity index (χ1n) is 5.93. The lowest BCUT2D eigenvalue weighted by Crippen LogP contribution is -2.36. The van der Waals surface area contributed by atoms with Crippen molar-refractivity contribution >= 4 is 13.4 Å². The zero-order valence-corrected chi connectivity index (χ0v) is 11.3. The molecule has 0 fully saturated rings. The van der Waals surface area contributed by atoms with Crippen LogP contribution >= 0.6 is 0 Å². The third kappa shape index (κ3) is 5.06. The van der Waals surface area contributed by atoms with Crippen LogP contribution in [0.4, 0.5) is 0 Å². The smallest absolute Gasteiger partial charge is 0.298 e. The minimum Gasteiger partial charge on any atom is -0.658 e. The van der Waals surface area contributed by atoms with E-state index >= 15 is 0 Å². The Balaban J connectivity index is 3.81. The molecule has 0 amide bonds. The molecule has 0 unspecified atom stereocenters. The lowest BCUT2D eigenvalue weighted by molar-refractivity contribution is 0.273. The molecule has 0 atom stereocenters. The summed E-state index contributed by atoms with van der Waals surface area (Å²) in [6.45, 7) is 12.4. The molecule has 1 nitrogen and oxygen atoms in total. The minimum absolute atomic E-state index is 0.780. The van der Waals surface area contributed by atoms with Gasteiger partial charge in [-0.05, 0) is 18.9 Å². The molecule has 80 valence electrons. The zero-order valence-electron chi connectivity index (χ0n) is 10.1. The van der Waals surface area contributed by atoms with E-state index in [0.717, 1.165) is 12.5 Å². The second-order valence-corrected chi connectivity index (χ2v) is 10.2. The Morgan fingerprint density at radius 1 is 1.00 bits per heavy atom. The molecule has 0 aliphatic heterocycles. The van der Waals surface area contributed by atoms with Crippen molar-refractivity contribution in [3.63, 3.8) is 0 Å². The van der Waals surface area contributed by atoms with Crippen molar-refractivity contribution in [2.24, 2.45) is 5.92 Å². The molecule has 0 aliphatic rings. The van der Waals surface area contributed by atoms with Gasteiger partial charge in [-0.15, -0.1) is 0 Å². The van der Waals surface area contributed by atoms with E-state index in [4.69, 9.17) is 3.79 Å². The fourth-order valence-corrected chi connectivity index (χ4v) is 4.85. The van der Waals surface area contributed by atoms with E-state index in [1.54, 1.807) is 0 Å². The van der Waals surface area contributed by atoms with Gasteiger partial charge in [-0.2, -0.15) is 15.8 Å². The first-order valence-corrected chi connectivity index (χ1v) is 8.85. The van der Waals surface area contributed by atoms with Crippen LogP contribution in [0.5, 0.6) is 0 Å². The summed E-state index contributed by atoms with van der Waals surface area (Å²) in [5.41, 5.74) is 0. The van der Waals surface area contributed by atoms with Crippen molar-refractivity contribution in [3.05, 3.63) is 0 Å². The Morgan fingerprint density at radius 2 is 1.46 bits per heavy atom. The average Bonchev–Trinajstić information content (AvgIpc) is 2.13. The monoisotopic (exact) mass is 201 g/mol. The summed E-state index contributed by atoms with van der Waals surface area (Å²) >= 11 is -1.57. The van der Waals surface area contributed by atoms with Crippen LogP contribution in [0.25, 0.3) is 0 Å². The fourth-order valence-electron chi connectivity index (χ4n) is 1.77. The summed E-state index contributed by atoms with van der Waals surface area (Å²) in [6.07, 6.45) is 1.22. The van der Waals surface area contributed by atoms with Crippen LogP contribution in [0.2, 0.25) is 15.8 Å². The number of hydrogen-bond acceptors (Lipinski definition) is 1. The van der Waals surface area contributed by atoms with Crippen LogP contribution in [-0.4, -0.2) is 20.0 Å². The molecule has 0 radical (unpaired) electrons. The lowest BCUT2D eigenvalue weighted by atomic mass is 10.2. The van der Waals surface area contributed by atoms with Crippen molar-refractivity contribution in [2.45, 2.75) is 56.9 Å². The molecule has 0 aromatic carbocycles. The van der Waals surface area contributed by atoms with Gasteiger partial charge in [0.05, 0.1) is 0 Å². The third-order valence-corrected chi connectivity index (χ3v) is 8.81. The molecule has 0 N–H and O–H groups in total. The van der Waals surface area contributed by atoms with Gasteiger partial charge >= 0.3 is 0 Å². The highest BCUT2D eigenvalue weighted by Crippen LogP contribution is 2.22. The molecule has 0 bridgehead atoms. The maximum absolute atomic E-state index is 6.15. The third-order valence-electron chi connectivity index (χ3n) is 3.40. The predicted molar refractivity (Wildman–Crippen MR) is 62.6 cm³/mol. The van der Waals surface area contributed by atoms with Crippen LogP contribution in [0.15, 0.2) is 0 Å². The van der Waals surface area contributed by atoms with Gasteiger partial charge in [0, 0.05) is 0 Å². The summed E-state index contributed by atoms with van der Waals surface area (Å²) < 4.78 is 6.15. The molecule has 0 spiro atoms. The van der Waals surface area contributed by atoms with Gasteiger partial charge in [0.1, 0.15) is 0 Å². The molecular weight excluding hydrogens is 175 g/mol. The molecule has 0 saturated heterocycles. The maximum Gasteiger partial charge on any atom is 0.298 e. The Hall–Kier alpha value is 0.492. The van der Waals surface area contributed by atoms with Crippen LogP contribution < -0.4 is 0 Å². The van der Waals surface area contributed by atoms with E-state index in [0.29, 0.717) is 0 Å². The van der Waals surface area contributed by atoms with E-state index in [2.05, 4.69) is 34.6 Å². The first kappa shape index (κ1) is 13.5. The highest BCUT2D eigenvalue weighted by Gasteiger charge is 2.25. The minimum atomic E-state index is -1.57. The van der Waals surface area contributed by atoms with Gasteiger partial charge in [-0.25, -0.2) is 0 Å². The van der Waals surface area contributed by atoms with Gasteiger partial charge in [0.15, 0.2) is 0 Å². The molecule has 2 heteroatoms. The topological polar surface area (TPSA) is 9.23 Å². The molecule has 0 heterocycles. The zero-order chi connectivity index (χ0) is 10.3. The van der Waals surface area contributed by atoms with Crippen LogP contribution in [0.1, 0.15) is 41.0 Å². The van der Waals surface area contributed by atoms with E-state index in [1.165, 1.54) is 22.3 Å². The first-order chi connectivity index (χ1) is 6.10. The largest absolute Gasteiger partial charge is 0.658 e. The number of hydrogen-bond donors (Lipinski definition) is 0. The normalized spacial score (nSPS) is 12.5. The summed E-state index contributed by atoms with van der Waals surface area (Å²) in [5, 5.41) is 3.91. The van der Waals surface area contributed by atoms with E-state index in [1.807, 2.05) is 0 Å². The Kier molecular flexibility index (Phi) is 7.13. The van der Waals surface area contributed by atoms with Gasteiger partial charge in [-0.1, -0.05) is 34.6 Å². The second kappa shape index (κ2) is 6.87. The highest BCUT2D eigenvalue weighted by molar-refractivity contribution is 6.73. The summed E-state index contributed by atoms with van der Waals surface area (Å²) in [5.74, 6) is 0.780. The second-order valence-electron chi connectivity index (χ2n) is 4.64. The molecule has 0 aromatic heterocycles. The number of rotatable bonds is 7. The highest BCUT2D eigenvalue weighted by atomic mass is 27.3. The molecule has 0 saturated carbocycles. The quantitative estimate of drug-likeness (QED) is 0.564. The van der Waals surface area contributed by atoms with E-state index in [9.17, 15) is 0 Å². The van der Waals surface area contributed by atoms with Crippen molar-refractivity contribution in [2.75, 3.05) is 6.61 Å². The van der Waals surface area contributed by atoms with Crippen molar-refractivity contribution in [3.8, 4) is 0 Å². The SMILES string of the molecule is C[CH2][Al-]([CH2]C)([CH2]C)[O]CCC(C)C. The Labute approximate surface area is 86.9 Å². The molecule has 13 heavy (non-hydrogen) atoms. The summed E-state index contributed by atoms with van der Waals surface area (Å²) in [4.78, 5) is 0. The van der Waals surface area contributed by atoms with Gasteiger partial charge < -0.3 is 3.79 Å². The van der Waals surface area contributed by atoms with Crippen molar-refractivity contribution in [1.29, 1.82) is 0 Å². The Morgan fingerprint density at radius 3 is 1.77 bits per heavy atom. The standard InChI is InChI=1S/C5H11O.3C2H5.Al/c1-5(2)3-4-6;3*1-2;/h5H,3-4H2,1-2H3;3*1H2,2H3;/q-1;;;;. The average molecular weight is 201 g/mol. The molecule has 0 rings (SSSR count). The molecular formula is C11H26AlO-. The van der Waals surface area contributed by atoms with E-state index in [-0.39, 0.29) is 0 Å². The van der Waals surface area contributed by atoms with Crippen LogP contribution in [0, 0.1) is 5.92 Å². The lowest BCUT2D eigenvalue weighted by Gasteiger charge is -2.34. The molecule has 0 aromatic rings. The van der Waals surface area contributed by atoms with Crippen LogP contribution in [-0.2, 0) is 3.79 Å².